The van der Waals surface area contributed by atoms with E-state index in [1.807, 2.05) is 39.8 Å². The summed E-state index contributed by atoms with van der Waals surface area (Å²) in [5.74, 6) is -0.00379. The third-order valence-corrected chi connectivity index (χ3v) is 6.16. The summed E-state index contributed by atoms with van der Waals surface area (Å²) in [6.07, 6.45) is 5.53. The van der Waals surface area contributed by atoms with Gasteiger partial charge in [-0.2, -0.15) is 5.17 Å². The van der Waals surface area contributed by atoms with Gasteiger partial charge in [-0.15, -0.1) is 11.3 Å². The van der Waals surface area contributed by atoms with Crippen LogP contribution in [0.15, 0.2) is 24.4 Å². The van der Waals surface area contributed by atoms with Gasteiger partial charge in [0.2, 0.25) is 5.91 Å². The van der Waals surface area contributed by atoms with Crippen LogP contribution in [0.1, 0.15) is 51.5 Å². The average Bonchev–Trinajstić information content (AvgIpc) is 3.26. The normalized spacial score (nSPS) is 17.3. The van der Waals surface area contributed by atoms with Gasteiger partial charge >= 0.3 is 0 Å². The minimum Gasteiger partial charge on any atom is -0.326 e. The molecule has 0 aliphatic carbocycles. The number of carbonyl (C=O) groups excluding carboxylic acids is 1. The number of rotatable bonds is 7. The van der Waals surface area contributed by atoms with Gasteiger partial charge in [-0.3, -0.25) is 10.0 Å². The second-order valence-corrected chi connectivity index (χ2v) is 10.2. The number of likely N-dealkylation sites (tertiary alicyclic amines) is 1. The molecule has 1 fully saturated rings. The third kappa shape index (κ3) is 6.01. The Bertz CT molecular complexity index is 877. The Labute approximate surface area is 183 Å². The summed E-state index contributed by atoms with van der Waals surface area (Å²) in [5, 5.41) is 15.7. The number of amides is 1. The van der Waals surface area contributed by atoms with E-state index in [9.17, 15) is 10.0 Å². The van der Waals surface area contributed by atoms with Crippen LogP contribution in [0.3, 0.4) is 0 Å². The predicted molar refractivity (Wildman–Crippen MR) is 123 cm³/mol. The Morgan fingerprint density at radius 1 is 1.40 bits per heavy atom. The van der Waals surface area contributed by atoms with E-state index in [0.717, 1.165) is 40.0 Å². The highest BCUT2D eigenvalue weighted by Gasteiger charge is 2.22. The van der Waals surface area contributed by atoms with Gasteiger partial charge in [-0.1, -0.05) is 0 Å². The number of nitrogens with one attached hydrogen (secondary N) is 2. The highest BCUT2D eigenvalue weighted by atomic mass is 32.1. The van der Waals surface area contributed by atoms with Gasteiger partial charge in [0.25, 0.3) is 0 Å². The number of thiazole rings is 1. The van der Waals surface area contributed by atoms with E-state index in [1.54, 1.807) is 23.6 Å². The Kier molecular flexibility index (Phi) is 7.13. The Morgan fingerprint density at radius 3 is 2.77 bits per heavy atom. The van der Waals surface area contributed by atoms with Crippen molar-refractivity contribution in [2.45, 2.75) is 65.0 Å². The zero-order valence-corrected chi connectivity index (χ0v) is 19.3. The molecule has 0 radical (unpaired) electrons. The summed E-state index contributed by atoms with van der Waals surface area (Å²) in [4.78, 5) is 20.1. The van der Waals surface area contributed by atoms with Gasteiger partial charge in [-0.25, -0.2) is 10.4 Å². The fourth-order valence-corrected chi connectivity index (χ4v) is 4.53. The fourth-order valence-electron chi connectivity index (χ4n) is 3.72. The van der Waals surface area contributed by atoms with E-state index in [2.05, 4.69) is 27.7 Å². The molecule has 1 unspecified atom stereocenters. The largest absolute Gasteiger partial charge is 0.326 e. The molecule has 30 heavy (non-hydrogen) atoms. The maximum absolute atomic E-state index is 12.5. The second-order valence-electron chi connectivity index (χ2n) is 9.01. The molecule has 3 rings (SSSR count). The maximum atomic E-state index is 12.5. The quantitative estimate of drug-likeness (QED) is 0.563. The van der Waals surface area contributed by atoms with Gasteiger partial charge in [0.1, 0.15) is 0 Å². The van der Waals surface area contributed by atoms with Crippen molar-refractivity contribution in [3.8, 4) is 10.4 Å². The summed E-state index contributed by atoms with van der Waals surface area (Å²) in [7, 11) is 2.12. The van der Waals surface area contributed by atoms with Gasteiger partial charge in [0, 0.05) is 35.4 Å². The molecule has 2 aromatic rings. The average molecular weight is 432 g/mol. The van der Waals surface area contributed by atoms with E-state index >= 15 is 0 Å². The van der Waals surface area contributed by atoms with Crippen molar-refractivity contribution in [3.05, 3.63) is 29.4 Å². The van der Waals surface area contributed by atoms with Crippen molar-refractivity contribution in [1.82, 2.24) is 15.3 Å². The number of aryl methyl sites for hydroxylation is 1. The van der Waals surface area contributed by atoms with Crippen molar-refractivity contribution in [2.75, 3.05) is 24.1 Å². The van der Waals surface area contributed by atoms with Gasteiger partial charge < -0.3 is 10.2 Å². The summed E-state index contributed by atoms with van der Waals surface area (Å²) >= 11 is 1.56. The number of anilines is 2. The summed E-state index contributed by atoms with van der Waals surface area (Å²) in [6.45, 7) is 8.98. The van der Waals surface area contributed by atoms with Crippen LogP contribution in [0.2, 0.25) is 0 Å². The number of hydrogen-bond donors (Lipinski definition) is 3. The molecule has 1 aliphatic rings. The smallest absolute Gasteiger partial charge is 0.224 e. The molecule has 3 N–H and O–H groups in total. The Hall–Kier alpha value is -2.00. The van der Waals surface area contributed by atoms with Crippen LogP contribution in [0.25, 0.3) is 10.4 Å². The van der Waals surface area contributed by atoms with Gasteiger partial charge in [0.15, 0.2) is 0 Å². The van der Waals surface area contributed by atoms with Crippen molar-refractivity contribution >= 4 is 28.6 Å². The van der Waals surface area contributed by atoms with Crippen molar-refractivity contribution < 1.29 is 10.0 Å². The van der Waals surface area contributed by atoms with E-state index in [1.165, 1.54) is 6.42 Å². The van der Waals surface area contributed by atoms with Gasteiger partial charge in [0.05, 0.1) is 15.6 Å². The maximum Gasteiger partial charge on any atom is 0.224 e. The molecule has 1 atom stereocenters. The molecule has 1 aromatic carbocycles. The van der Waals surface area contributed by atoms with Crippen molar-refractivity contribution in [1.29, 1.82) is 0 Å². The molecular formula is C22H33N5O2S. The van der Waals surface area contributed by atoms with Crippen LogP contribution < -0.4 is 15.9 Å². The topological polar surface area (TPSA) is 80.7 Å². The molecule has 7 nitrogen and oxygen atoms in total. The molecule has 2 heterocycles. The number of aromatic nitrogens is 1. The minimum absolute atomic E-state index is 0.00379. The second kappa shape index (κ2) is 9.43. The van der Waals surface area contributed by atoms with E-state index < -0.39 is 0 Å². The lowest BCUT2D eigenvalue weighted by Crippen LogP contribution is -2.47. The molecule has 0 bridgehead atoms. The van der Waals surface area contributed by atoms with Crippen LogP contribution in [-0.4, -0.2) is 46.2 Å². The van der Waals surface area contributed by atoms with Gasteiger partial charge in [-0.05, 0) is 78.7 Å². The van der Waals surface area contributed by atoms with Crippen LogP contribution in [0.5, 0.6) is 0 Å². The number of carbonyl (C=O) groups is 1. The van der Waals surface area contributed by atoms with Crippen molar-refractivity contribution in [2.24, 2.45) is 0 Å². The first-order valence-corrected chi connectivity index (χ1v) is 11.3. The molecular weight excluding hydrogens is 398 g/mol. The fraction of sp³-hybridized carbons (Fsp3) is 0.545. The van der Waals surface area contributed by atoms with Crippen LogP contribution in [0, 0.1) is 6.92 Å². The highest BCUT2D eigenvalue weighted by Crippen LogP contribution is 2.36. The summed E-state index contributed by atoms with van der Waals surface area (Å²) in [5.41, 5.74) is 4.81. The summed E-state index contributed by atoms with van der Waals surface area (Å²) in [6, 6.07) is 6.07. The molecule has 1 aliphatic heterocycles. The molecule has 0 spiro atoms. The van der Waals surface area contributed by atoms with E-state index in [0.29, 0.717) is 23.8 Å². The zero-order chi connectivity index (χ0) is 21.9. The monoisotopic (exact) mass is 431 g/mol. The Morgan fingerprint density at radius 2 is 2.17 bits per heavy atom. The molecule has 8 heteroatoms. The lowest BCUT2D eigenvalue weighted by atomic mass is 10.1. The number of hydrazine groups is 1. The standard InChI is InChI=1S/C22H33N5O2S/c1-15-23-14-20(30-15)18-10-8-16(13-19(18)27(29)25-22(2,3)4)24-21(28)11-9-17-7-6-12-26(17)5/h8,10,13-14,17,25,29H,6-7,9,11-12H2,1-5H3,(H,24,28). The molecule has 1 amide bonds. The SMILES string of the molecule is Cc1ncc(-c2ccc(NC(=O)CCC3CCCN3C)cc2N(O)NC(C)(C)C)s1. The zero-order valence-electron chi connectivity index (χ0n) is 18.5. The lowest BCUT2D eigenvalue weighted by Gasteiger charge is -2.29. The Balaban J connectivity index is 1.76. The van der Waals surface area contributed by atoms with E-state index in [4.69, 9.17) is 0 Å². The molecule has 1 aromatic heterocycles. The molecule has 1 saturated heterocycles. The summed E-state index contributed by atoms with van der Waals surface area (Å²) < 4.78 is 0. The number of benzene rings is 1. The predicted octanol–water partition coefficient (Wildman–Crippen LogP) is 4.43. The van der Waals surface area contributed by atoms with E-state index in [-0.39, 0.29) is 11.4 Å². The number of nitrogens with zero attached hydrogens (tertiary/aromatic N) is 3. The minimum atomic E-state index is -0.331. The van der Waals surface area contributed by atoms with Crippen molar-refractivity contribution in [3.63, 3.8) is 0 Å². The van der Waals surface area contributed by atoms with Crippen LogP contribution in [-0.2, 0) is 4.79 Å². The highest BCUT2D eigenvalue weighted by molar-refractivity contribution is 7.15. The first kappa shape index (κ1) is 22.7. The third-order valence-electron chi connectivity index (χ3n) is 5.21. The first-order chi connectivity index (χ1) is 14.1. The first-order valence-electron chi connectivity index (χ1n) is 10.5. The van der Waals surface area contributed by atoms with Crippen LogP contribution in [0.4, 0.5) is 11.4 Å². The molecule has 164 valence electrons. The molecule has 0 saturated carbocycles. The lowest BCUT2D eigenvalue weighted by molar-refractivity contribution is -0.116. The van der Waals surface area contributed by atoms with Crippen LogP contribution >= 0.6 is 11.3 Å². The number of hydrogen-bond acceptors (Lipinski definition) is 7.